The van der Waals surface area contributed by atoms with E-state index >= 15 is 0 Å². The molecule has 7 atom stereocenters. The summed E-state index contributed by atoms with van der Waals surface area (Å²) < 4.78 is 0. The summed E-state index contributed by atoms with van der Waals surface area (Å²) in [4.78, 5) is 0. The van der Waals surface area contributed by atoms with Crippen molar-refractivity contribution in [1.29, 1.82) is 0 Å². The minimum absolute atomic E-state index is 0.468. The second-order valence-corrected chi connectivity index (χ2v) is 14.2. The van der Waals surface area contributed by atoms with Gasteiger partial charge in [0.1, 0.15) is 0 Å². The summed E-state index contributed by atoms with van der Waals surface area (Å²) in [5.74, 6) is 2.66. The van der Waals surface area contributed by atoms with Gasteiger partial charge in [-0.25, -0.2) is 0 Å². The highest BCUT2D eigenvalue weighted by Gasteiger charge is 2.68. The minimum Gasteiger partial charge on any atom is -0.0958 e. The summed E-state index contributed by atoms with van der Waals surface area (Å²) in [6.45, 7) is 22.8. The van der Waals surface area contributed by atoms with Crippen molar-refractivity contribution in [3.63, 3.8) is 0 Å². The van der Waals surface area contributed by atoms with E-state index < -0.39 is 0 Å². The van der Waals surface area contributed by atoms with Crippen LogP contribution in [-0.4, -0.2) is 0 Å². The van der Waals surface area contributed by atoms with Crippen LogP contribution >= 0.6 is 0 Å². The van der Waals surface area contributed by atoms with Gasteiger partial charge in [-0.3, -0.25) is 0 Å². The highest BCUT2D eigenvalue weighted by Crippen LogP contribution is 2.76. The van der Waals surface area contributed by atoms with Crippen LogP contribution in [-0.2, 0) is 0 Å². The lowest BCUT2D eigenvalue weighted by Crippen LogP contribution is -2.64. The van der Waals surface area contributed by atoms with E-state index in [1.807, 2.05) is 5.57 Å². The van der Waals surface area contributed by atoms with Crippen LogP contribution in [0.15, 0.2) is 23.3 Å². The predicted molar refractivity (Wildman–Crippen MR) is 129 cm³/mol. The number of fused-ring (bicyclic) bond motifs is 7. The van der Waals surface area contributed by atoms with E-state index in [0.29, 0.717) is 27.1 Å². The van der Waals surface area contributed by atoms with Crippen LogP contribution in [0.4, 0.5) is 0 Å². The molecular formula is C30H48. The Morgan fingerprint density at radius 1 is 0.767 bits per heavy atom. The first kappa shape index (κ1) is 21.3. The molecule has 0 aromatic heterocycles. The first-order chi connectivity index (χ1) is 13.9. The number of rotatable bonds is 1. The van der Waals surface area contributed by atoms with Crippen LogP contribution in [0.25, 0.3) is 0 Å². The fourth-order valence-corrected chi connectivity index (χ4v) is 10.9. The molecule has 5 rings (SSSR count). The van der Waals surface area contributed by atoms with Crippen molar-refractivity contribution in [2.75, 3.05) is 0 Å². The SMILES string of the molecule is C=C(C)C1=C2[C@H]3CC[C@@H]4[C@@]5(C)CCCC(C)(C)[C@@H]5CC[C@@]4(C)[C@]3(C)CC[C@@]2(C)CC1. The second-order valence-electron chi connectivity index (χ2n) is 14.2. The Balaban J connectivity index is 1.59. The predicted octanol–water partition coefficient (Wildman–Crippen LogP) is 9.12. The lowest BCUT2D eigenvalue weighted by Gasteiger charge is -2.71. The molecule has 5 aliphatic carbocycles. The van der Waals surface area contributed by atoms with Gasteiger partial charge >= 0.3 is 0 Å². The second kappa shape index (κ2) is 6.29. The summed E-state index contributed by atoms with van der Waals surface area (Å²) in [7, 11) is 0. The van der Waals surface area contributed by atoms with E-state index in [-0.39, 0.29) is 0 Å². The van der Waals surface area contributed by atoms with Gasteiger partial charge in [-0.05, 0) is 122 Å². The quantitative estimate of drug-likeness (QED) is 0.406. The highest BCUT2D eigenvalue weighted by atomic mass is 14.7. The summed E-state index contributed by atoms with van der Waals surface area (Å²) >= 11 is 0. The molecule has 0 heteroatoms. The molecule has 4 saturated carbocycles. The van der Waals surface area contributed by atoms with Gasteiger partial charge in [0.25, 0.3) is 0 Å². The molecule has 0 bridgehead atoms. The summed E-state index contributed by atoms with van der Waals surface area (Å²) in [5, 5.41) is 0. The van der Waals surface area contributed by atoms with Gasteiger partial charge in [0, 0.05) is 0 Å². The van der Waals surface area contributed by atoms with Crippen molar-refractivity contribution in [1.82, 2.24) is 0 Å². The van der Waals surface area contributed by atoms with Gasteiger partial charge in [-0.15, -0.1) is 0 Å². The van der Waals surface area contributed by atoms with Crippen LogP contribution in [0.5, 0.6) is 0 Å². The maximum Gasteiger partial charge on any atom is -0.0104 e. The normalized spacial score (nSPS) is 52.2. The van der Waals surface area contributed by atoms with Crippen LogP contribution in [0.3, 0.4) is 0 Å². The van der Waals surface area contributed by atoms with E-state index in [9.17, 15) is 0 Å². The molecule has 0 N–H and O–H groups in total. The third-order valence-electron chi connectivity index (χ3n) is 12.6. The molecule has 0 amide bonds. The molecule has 0 aromatic carbocycles. The van der Waals surface area contributed by atoms with E-state index in [1.54, 1.807) is 5.57 Å². The van der Waals surface area contributed by atoms with E-state index in [0.717, 1.165) is 17.8 Å². The maximum absolute atomic E-state index is 4.44. The Morgan fingerprint density at radius 3 is 2.20 bits per heavy atom. The molecular weight excluding hydrogens is 360 g/mol. The van der Waals surface area contributed by atoms with Crippen molar-refractivity contribution in [3.8, 4) is 0 Å². The lowest BCUT2D eigenvalue weighted by atomic mass is 9.33. The molecule has 0 nitrogen and oxygen atoms in total. The van der Waals surface area contributed by atoms with Gasteiger partial charge in [0.2, 0.25) is 0 Å². The topological polar surface area (TPSA) is 0 Å². The summed E-state index contributed by atoms with van der Waals surface area (Å²) in [6, 6.07) is 0. The average molecular weight is 409 g/mol. The Hall–Kier alpha value is -0.520. The molecule has 30 heavy (non-hydrogen) atoms. The molecule has 0 unspecified atom stereocenters. The molecule has 0 aromatic rings. The van der Waals surface area contributed by atoms with Crippen molar-refractivity contribution in [3.05, 3.63) is 23.3 Å². The Bertz CT molecular complexity index is 797. The zero-order chi connectivity index (χ0) is 21.7. The smallest absolute Gasteiger partial charge is 0.0104 e. The van der Waals surface area contributed by atoms with E-state index in [1.165, 1.54) is 76.2 Å². The van der Waals surface area contributed by atoms with Crippen molar-refractivity contribution >= 4 is 0 Å². The van der Waals surface area contributed by atoms with Crippen LogP contribution in [0.2, 0.25) is 0 Å². The van der Waals surface area contributed by atoms with Gasteiger partial charge in [-0.2, -0.15) is 0 Å². The minimum atomic E-state index is 0.468. The van der Waals surface area contributed by atoms with Crippen LogP contribution in [0, 0.1) is 44.8 Å². The van der Waals surface area contributed by atoms with E-state index in [2.05, 4.69) is 55.0 Å². The number of allylic oxidation sites excluding steroid dienone is 3. The molecule has 0 heterocycles. The fourth-order valence-electron chi connectivity index (χ4n) is 10.9. The molecule has 0 radical (unpaired) electrons. The third-order valence-corrected chi connectivity index (χ3v) is 12.6. The van der Waals surface area contributed by atoms with Crippen molar-refractivity contribution < 1.29 is 0 Å². The highest BCUT2D eigenvalue weighted by molar-refractivity contribution is 5.44. The van der Waals surface area contributed by atoms with Crippen LogP contribution < -0.4 is 0 Å². The van der Waals surface area contributed by atoms with Gasteiger partial charge in [0.15, 0.2) is 0 Å². The number of hydrogen-bond donors (Lipinski definition) is 0. The lowest BCUT2D eigenvalue weighted by molar-refractivity contribution is -0.211. The monoisotopic (exact) mass is 408 g/mol. The van der Waals surface area contributed by atoms with Crippen molar-refractivity contribution in [2.24, 2.45) is 44.8 Å². The van der Waals surface area contributed by atoms with Gasteiger partial charge in [-0.1, -0.05) is 65.7 Å². The summed E-state index contributed by atoms with van der Waals surface area (Å²) in [6.07, 6.45) is 15.8. The Labute approximate surface area is 187 Å². The molecule has 0 aliphatic heterocycles. The Kier molecular flexibility index (Phi) is 4.47. The molecule has 0 saturated heterocycles. The maximum atomic E-state index is 4.44. The van der Waals surface area contributed by atoms with Crippen molar-refractivity contribution in [2.45, 2.75) is 119 Å². The molecule has 5 aliphatic rings. The third kappa shape index (κ3) is 2.46. The van der Waals surface area contributed by atoms with Crippen LogP contribution in [0.1, 0.15) is 119 Å². The molecule has 0 spiro atoms. The van der Waals surface area contributed by atoms with Gasteiger partial charge < -0.3 is 0 Å². The molecule has 4 fully saturated rings. The Morgan fingerprint density at radius 2 is 1.50 bits per heavy atom. The number of hydrogen-bond acceptors (Lipinski definition) is 0. The first-order valence-electron chi connectivity index (χ1n) is 13.3. The largest absolute Gasteiger partial charge is 0.0958 e. The zero-order valence-corrected chi connectivity index (χ0v) is 21.2. The average Bonchev–Trinajstić information content (AvgIpc) is 2.99. The summed E-state index contributed by atoms with van der Waals surface area (Å²) in [5.41, 5.74) is 7.50. The van der Waals surface area contributed by atoms with Gasteiger partial charge in [0.05, 0.1) is 0 Å². The van der Waals surface area contributed by atoms with E-state index in [4.69, 9.17) is 0 Å². The zero-order valence-electron chi connectivity index (χ0n) is 21.2. The first-order valence-corrected chi connectivity index (χ1v) is 13.3. The fraction of sp³-hybridized carbons (Fsp3) is 0.867. The standard InChI is InChI=1S/C30H48/c1-20(2)21-12-16-27(5)18-19-29(7)22(25(21)27)10-11-24-28(6)15-9-14-26(3,4)23(28)13-17-30(24,29)8/h22-24H,1,9-19H2,2-8H3/t22-,23+,24-,27-,28+,29-,30-/m1/s1. The molecule has 168 valence electrons.